The van der Waals surface area contributed by atoms with E-state index in [1.807, 2.05) is 30.3 Å². The molecule has 0 aliphatic carbocycles. The summed E-state index contributed by atoms with van der Waals surface area (Å²) in [5.41, 5.74) is 2.50. The van der Waals surface area contributed by atoms with Gasteiger partial charge in [-0.1, -0.05) is 6.07 Å². The van der Waals surface area contributed by atoms with Gasteiger partial charge in [0.25, 0.3) is 0 Å². The van der Waals surface area contributed by atoms with E-state index in [1.165, 1.54) is 0 Å². The van der Waals surface area contributed by atoms with Crippen LogP contribution in [0.5, 0.6) is 0 Å². The number of aromatic nitrogens is 2. The lowest BCUT2D eigenvalue weighted by Gasteiger charge is -2.04. The predicted octanol–water partition coefficient (Wildman–Crippen LogP) is 3.52. The highest BCUT2D eigenvalue weighted by molar-refractivity contribution is 7.78. The van der Waals surface area contributed by atoms with Crippen LogP contribution in [0.4, 0.5) is 5.69 Å². The molecule has 3 rings (SSSR count). The summed E-state index contributed by atoms with van der Waals surface area (Å²) < 4.78 is 0. The molecule has 80 valence electrons. The van der Waals surface area contributed by atoms with Gasteiger partial charge in [-0.2, -0.15) is 4.99 Å². The summed E-state index contributed by atoms with van der Waals surface area (Å²) in [6, 6.07) is 9.66. The Kier molecular flexibility index (Phi) is 2.37. The molecule has 0 radical (unpaired) electrons. The number of hydrogen-bond acceptors (Lipinski definition) is 4. The summed E-state index contributed by atoms with van der Waals surface area (Å²) in [4.78, 5) is 12.8. The number of aliphatic imine (C=N–C) groups is 1. The van der Waals surface area contributed by atoms with Gasteiger partial charge in [-0.25, -0.2) is 0 Å². The van der Waals surface area contributed by atoms with Gasteiger partial charge < -0.3 is 0 Å². The number of rotatable bonds is 1. The van der Waals surface area contributed by atoms with Gasteiger partial charge >= 0.3 is 0 Å². The molecule has 0 aliphatic heterocycles. The highest BCUT2D eigenvalue weighted by Gasteiger charge is 2.06. The zero-order valence-corrected chi connectivity index (χ0v) is 9.61. The van der Waals surface area contributed by atoms with Crippen molar-refractivity contribution in [3.63, 3.8) is 0 Å². The molecule has 1 aromatic carbocycles. The summed E-state index contributed by atoms with van der Waals surface area (Å²) in [5.74, 6) is 0. The fraction of sp³-hybridized carbons (Fsp3) is 0. The molecule has 4 heteroatoms. The first-order valence-electron chi connectivity index (χ1n) is 5.10. The Labute approximate surface area is 103 Å². The first-order chi connectivity index (χ1) is 8.40. The average molecular weight is 237 g/mol. The first kappa shape index (κ1) is 10.0. The smallest absolute Gasteiger partial charge is 0.0986 e. The molecule has 0 N–H and O–H groups in total. The normalized spacial score (nSPS) is 10.4. The average Bonchev–Trinajstić information content (AvgIpc) is 2.39. The molecule has 0 fully saturated rings. The molecule has 0 aliphatic rings. The van der Waals surface area contributed by atoms with Crippen LogP contribution in [0.25, 0.3) is 21.8 Å². The second kappa shape index (κ2) is 4.01. The van der Waals surface area contributed by atoms with Crippen LogP contribution in [-0.4, -0.2) is 15.1 Å². The van der Waals surface area contributed by atoms with Crippen LogP contribution in [0, 0.1) is 0 Å². The maximum Gasteiger partial charge on any atom is 0.0986 e. The van der Waals surface area contributed by atoms with Crippen LogP contribution in [0.2, 0.25) is 0 Å². The van der Waals surface area contributed by atoms with Gasteiger partial charge in [-0.05, 0) is 36.5 Å². The fourth-order valence-electron chi connectivity index (χ4n) is 1.90. The zero-order chi connectivity index (χ0) is 11.7. The van der Waals surface area contributed by atoms with E-state index in [9.17, 15) is 0 Å². The summed E-state index contributed by atoms with van der Waals surface area (Å²) >= 11 is 4.67. The molecule has 0 spiro atoms. The van der Waals surface area contributed by atoms with Gasteiger partial charge in [0, 0.05) is 23.2 Å². The molecule has 3 nitrogen and oxygen atoms in total. The lowest BCUT2D eigenvalue weighted by atomic mass is 10.1. The van der Waals surface area contributed by atoms with Gasteiger partial charge in [0.05, 0.1) is 21.9 Å². The third-order valence-corrected chi connectivity index (χ3v) is 2.70. The van der Waals surface area contributed by atoms with Crippen LogP contribution in [0.15, 0.2) is 47.7 Å². The van der Waals surface area contributed by atoms with Crippen molar-refractivity contribution in [3.8, 4) is 0 Å². The largest absolute Gasteiger partial charge is 0.254 e. The maximum atomic E-state index is 4.67. The Hall–Kier alpha value is -2.16. The second-order valence-electron chi connectivity index (χ2n) is 3.57. The molecule has 0 saturated carbocycles. The number of isothiocyanates is 1. The van der Waals surface area contributed by atoms with Crippen LogP contribution in [0.1, 0.15) is 0 Å². The van der Waals surface area contributed by atoms with Crippen molar-refractivity contribution < 1.29 is 0 Å². The summed E-state index contributed by atoms with van der Waals surface area (Å²) in [7, 11) is 0. The van der Waals surface area contributed by atoms with Crippen LogP contribution in [0.3, 0.4) is 0 Å². The highest BCUT2D eigenvalue weighted by atomic mass is 32.1. The minimum atomic E-state index is 0.781. The number of thiocarbonyl (C=S) groups is 1. The highest BCUT2D eigenvalue weighted by Crippen LogP contribution is 2.30. The Morgan fingerprint density at radius 3 is 2.65 bits per heavy atom. The van der Waals surface area contributed by atoms with E-state index in [0.29, 0.717) is 0 Å². The molecule has 2 aromatic heterocycles. The van der Waals surface area contributed by atoms with Gasteiger partial charge in [0.1, 0.15) is 0 Å². The monoisotopic (exact) mass is 237 g/mol. The lowest BCUT2D eigenvalue weighted by Crippen LogP contribution is -1.84. The minimum absolute atomic E-state index is 0.781. The van der Waals surface area contributed by atoms with Gasteiger partial charge in [0.2, 0.25) is 0 Å². The number of pyridine rings is 2. The van der Waals surface area contributed by atoms with Crippen LogP contribution >= 0.6 is 12.2 Å². The quantitative estimate of drug-likeness (QED) is 0.369. The van der Waals surface area contributed by atoms with E-state index >= 15 is 0 Å². The van der Waals surface area contributed by atoms with E-state index in [4.69, 9.17) is 0 Å². The van der Waals surface area contributed by atoms with Crippen LogP contribution < -0.4 is 0 Å². The second-order valence-corrected chi connectivity index (χ2v) is 3.76. The Morgan fingerprint density at radius 2 is 1.82 bits per heavy atom. The molecular formula is C13H7N3S. The summed E-state index contributed by atoms with van der Waals surface area (Å²) in [6.45, 7) is 0. The summed E-state index contributed by atoms with van der Waals surface area (Å²) in [5, 5.41) is 4.34. The van der Waals surface area contributed by atoms with Gasteiger partial charge in [-0.15, -0.1) is 0 Å². The topological polar surface area (TPSA) is 38.1 Å². The number of hydrogen-bond donors (Lipinski definition) is 0. The number of nitrogens with zero attached hydrogens (tertiary/aromatic N) is 3. The first-order valence-corrected chi connectivity index (χ1v) is 5.51. The molecule has 17 heavy (non-hydrogen) atoms. The van der Waals surface area contributed by atoms with E-state index in [2.05, 4.69) is 32.3 Å². The molecule has 0 bridgehead atoms. The van der Waals surface area contributed by atoms with Crippen molar-refractivity contribution in [3.05, 3.63) is 42.7 Å². The Morgan fingerprint density at radius 1 is 1.06 bits per heavy atom. The predicted molar refractivity (Wildman–Crippen MR) is 71.7 cm³/mol. The Balaban J connectivity index is 2.59. The standard InChI is InChI=1S/C13H7N3S/c17-8-16-11-7-9-3-1-5-14-12(9)13-10(11)4-2-6-15-13/h1-7H. The van der Waals surface area contributed by atoms with E-state index in [0.717, 1.165) is 27.5 Å². The molecule has 3 aromatic rings. The fourth-order valence-corrected chi connectivity index (χ4v) is 2.00. The van der Waals surface area contributed by atoms with Crippen LogP contribution in [-0.2, 0) is 0 Å². The summed E-state index contributed by atoms with van der Waals surface area (Å²) in [6.07, 6.45) is 3.51. The van der Waals surface area contributed by atoms with Crippen molar-refractivity contribution in [1.82, 2.24) is 9.97 Å². The molecule has 0 amide bonds. The third-order valence-electron chi connectivity index (χ3n) is 2.61. The van der Waals surface area contributed by atoms with Gasteiger partial charge in [0.15, 0.2) is 0 Å². The molecular weight excluding hydrogens is 230 g/mol. The molecule has 0 atom stereocenters. The van der Waals surface area contributed by atoms with E-state index in [-0.39, 0.29) is 0 Å². The SMILES string of the molecule is S=C=Nc1cc2cccnc2c2ncccc12. The minimum Gasteiger partial charge on any atom is -0.254 e. The lowest BCUT2D eigenvalue weighted by molar-refractivity contribution is 1.37. The third kappa shape index (κ3) is 1.60. The van der Waals surface area contributed by atoms with E-state index < -0.39 is 0 Å². The van der Waals surface area contributed by atoms with Crippen molar-refractivity contribution in [2.75, 3.05) is 0 Å². The molecule has 2 heterocycles. The van der Waals surface area contributed by atoms with Crippen molar-refractivity contribution >= 4 is 44.9 Å². The number of fused-ring (bicyclic) bond motifs is 3. The van der Waals surface area contributed by atoms with Crippen molar-refractivity contribution in [2.24, 2.45) is 4.99 Å². The van der Waals surface area contributed by atoms with E-state index in [1.54, 1.807) is 12.4 Å². The maximum absolute atomic E-state index is 4.67. The number of benzene rings is 1. The Bertz CT molecular complexity index is 761. The molecule has 0 unspecified atom stereocenters. The van der Waals surface area contributed by atoms with Gasteiger partial charge in [-0.3, -0.25) is 9.97 Å². The molecule has 0 saturated heterocycles. The zero-order valence-electron chi connectivity index (χ0n) is 8.79. The van der Waals surface area contributed by atoms with Crippen molar-refractivity contribution in [1.29, 1.82) is 0 Å². The van der Waals surface area contributed by atoms with Crippen molar-refractivity contribution in [2.45, 2.75) is 0 Å².